The predicted molar refractivity (Wildman–Crippen MR) is 182 cm³/mol. The van der Waals surface area contributed by atoms with E-state index in [0.717, 1.165) is 34.7 Å². The monoisotopic (exact) mass is 700 g/mol. The summed E-state index contributed by atoms with van der Waals surface area (Å²) in [5.41, 5.74) is -0.305. The van der Waals surface area contributed by atoms with E-state index < -0.39 is 58.2 Å². The van der Waals surface area contributed by atoms with Gasteiger partial charge in [-0.25, -0.2) is 4.79 Å². The van der Waals surface area contributed by atoms with E-state index in [1.54, 1.807) is 0 Å². The second-order valence-corrected chi connectivity index (χ2v) is 14.0. The molecule has 6 atom stereocenters. The average molecular weight is 701 g/mol. The first-order valence-electron chi connectivity index (χ1n) is 16.6. The van der Waals surface area contributed by atoms with Gasteiger partial charge < -0.3 is 25.0 Å². The van der Waals surface area contributed by atoms with Crippen LogP contribution in [-0.4, -0.2) is 55.0 Å². The Labute approximate surface area is 312 Å². The molecule has 0 spiro atoms. The van der Waals surface area contributed by atoms with Crippen LogP contribution < -0.4 is 40.2 Å². The van der Waals surface area contributed by atoms with E-state index in [4.69, 9.17) is 4.74 Å². The molecule has 0 saturated heterocycles. The summed E-state index contributed by atoms with van der Waals surface area (Å²) < 4.78 is 29.0. The van der Waals surface area contributed by atoms with E-state index in [2.05, 4.69) is 10.6 Å². The molecule has 258 valence electrons. The molecular weight excluding hydrogens is 655 g/mol. The molecule has 0 aromatic heterocycles. The Hall–Kier alpha value is -2.93. The number of ketones is 2. The Balaban J connectivity index is 0.00000650. The number of hydrogen-bond donors (Lipinski definition) is 3. The third-order valence-electron chi connectivity index (χ3n) is 8.86. The van der Waals surface area contributed by atoms with Crippen molar-refractivity contribution >= 4 is 45.4 Å². The zero-order valence-corrected chi connectivity index (χ0v) is 31.3. The predicted octanol–water partition coefficient (Wildman–Crippen LogP) is 2.13. The van der Waals surface area contributed by atoms with Gasteiger partial charge in [0.2, 0.25) is 5.91 Å². The number of nitrogens with one attached hydrogen (secondary N) is 2. The van der Waals surface area contributed by atoms with Crippen LogP contribution in [0.4, 0.5) is 4.79 Å². The number of aliphatic hydroxyl groups is 1. The van der Waals surface area contributed by atoms with Crippen LogP contribution in [0.25, 0.3) is 10.8 Å². The van der Waals surface area contributed by atoms with Crippen molar-refractivity contribution in [1.29, 1.82) is 0 Å². The number of ether oxygens (including phenoxy) is 1. The molecule has 10 nitrogen and oxygen atoms in total. The number of hydrogen-bond acceptors (Lipinski definition) is 8. The Morgan fingerprint density at radius 1 is 0.980 bits per heavy atom. The molecular formula is C37H45N2NaO8S. The number of carbonyl (C=O) groups is 4. The number of alkyl carbamates (subject to hydrolysis) is 1. The summed E-state index contributed by atoms with van der Waals surface area (Å²) in [7, 11) is 0. The molecule has 1 aliphatic rings. The minimum Gasteiger partial charge on any atom is -0.770 e. The van der Waals surface area contributed by atoms with Gasteiger partial charge in [0.15, 0.2) is 5.78 Å². The van der Waals surface area contributed by atoms with Gasteiger partial charge in [0, 0.05) is 31.1 Å². The molecule has 3 unspecified atom stereocenters. The van der Waals surface area contributed by atoms with Crippen molar-refractivity contribution in [3.8, 4) is 0 Å². The number of Topliss-reactive ketones (excluding diaryl/α,β-unsaturated/α-hetero) is 2. The zero-order chi connectivity index (χ0) is 34.6. The first kappa shape index (κ1) is 40.5. The van der Waals surface area contributed by atoms with E-state index in [-0.39, 0.29) is 67.1 Å². The van der Waals surface area contributed by atoms with Gasteiger partial charge in [-0.1, -0.05) is 93.1 Å². The summed E-state index contributed by atoms with van der Waals surface area (Å²) >= 11 is -2.92. The summed E-state index contributed by atoms with van der Waals surface area (Å²) in [6, 6.07) is 20.3. The van der Waals surface area contributed by atoms with Crippen LogP contribution in [0.2, 0.25) is 0 Å². The van der Waals surface area contributed by atoms with Crippen LogP contribution in [0.1, 0.15) is 69.9 Å². The third kappa shape index (κ3) is 12.4. The van der Waals surface area contributed by atoms with Crippen LogP contribution in [0, 0.1) is 17.8 Å². The Morgan fingerprint density at radius 3 is 2.37 bits per heavy atom. The van der Waals surface area contributed by atoms with Crippen molar-refractivity contribution in [2.45, 2.75) is 89.3 Å². The van der Waals surface area contributed by atoms with Gasteiger partial charge >= 0.3 is 35.7 Å². The molecule has 0 heterocycles. The van der Waals surface area contributed by atoms with E-state index in [0.29, 0.717) is 19.3 Å². The maximum atomic E-state index is 14.0. The molecule has 0 radical (unpaired) electrons. The minimum atomic E-state index is -2.92. The molecule has 12 heteroatoms. The first-order chi connectivity index (χ1) is 23.0. The maximum Gasteiger partial charge on any atom is 1.00 e. The Morgan fingerprint density at radius 2 is 1.67 bits per heavy atom. The largest absolute Gasteiger partial charge is 1.00 e. The van der Waals surface area contributed by atoms with E-state index >= 15 is 0 Å². The average Bonchev–Trinajstić information content (AvgIpc) is 3.07. The number of rotatable bonds is 16. The second-order valence-electron chi connectivity index (χ2n) is 13.0. The van der Waals surface area contributed by atoms with Crippen LogP contribution in [0.15, 0.2) is 72.8 Å². The molecule has 1 fully saturated rings. The maximum absolute atomic E-state index is 14.0. The number of carbonyl (C=O) groups excluding carboxylic acids is 4. The van der Waals surface area contributed by atoms with Gasteiger partial charge in [-0.05, 0) is 64.6 Å². The molecule has 0 bridgehead atoms. The van der Waals surface area contributed by atoms with Crippen LogP contribution in [0.5, 0.6) is 0 Å². The summed E-state index contributed by atoms with van der Waals surface area (Å²) in [6.45, 7) is 3.81. The molecule has 1 saturated carbocycles. The van der Waals surface area contributed by atoms with Crippen molar-refractivity contribution in [3.63, 3.8) is 0 Å². The summed E-state index contributed by atoms with van der Waals surface area (Å²) in [4.78, 5) is 53.3. The van der Waals surface area contributed by atoms with Gasteiger partial charge in [0.05, 0.1) is 12.1 Å². The Bertz CT molecular complexity index is 1580. The normalized spacial score (nSPS) is 17.7. The Kier molecular flexibility index (Phi) is 16.6. The van der Waals surface area contributed by atoms with Crippen molar-refractivity contribution < 1.29 is 67.3 Å². The fraction of sp³-hybridized carbons (Fsp3) is 0.459. The van der Waals surface area contributed by atoms with Crippen LogP contribution in [0.3, 0.4) is 0 Å². The number of fused-ring (bicyclic) bond motifs is 1. The molecule has 0 aliphatic heterocycles. The number of benzene rings is 3. The summed E-state index contributed by atoms with van der Waals surface area (Å²) in [5, 5.41) is 17.8. The molecule has 3 N–H and O–H groups in total. The topological polar surface area (TPSA) is 162 Å². The third-order valence-corrected chi connectivity index (χ3v) is 9.58. The molecule has 3 aromatic rings. The first-order valence-corrected chi connectivity index (χ1v) is 17.7. The minimum absolute atomic E-state index is 0. The smallest absolute Gasteiger partial charge is 0.770 e. The van der Waals surface area contributed by atoms with Gasteiger partial charge in [-0.15, -0.1) is 0 Å². The van der Waals surface area contributed by atoms with Gasteiger partial charge in [-0.2, -0.15) is 0 Å². The summed E-state index contributed by atoms with van der Waals surface area (Å²) in [6.07, 6.45) is 1.90. The van der Waals surface area contributed by atoms with Crippen molar-refractivity contribution in [3.05, 3.63) is 83.9 Å². The fourth-order valence-electron chi connectivity index (χ4n) is 6.37. The van der Waals surface area contributed by atoms with Crippen molar-refractivity contribution in [1.82, 2.24) is 10.6 Å². The zero-order valence-electron chi connectivity index (χ0n) is 28.5. The molecule has 4 rings (SSSR count). The van der Waals surface area contributed by atoms with Gasteiger partial charge in [0.25, 0.3) is 0 Å². The fourth-order valence-corrected chi connectivity index (χ4v) is 6.82. The number of amides is 2. The number of aliphatic hydroxyl groups excluding tert-OH is 1. The second kappa shape index (κ2) is 20.1. The van der Waals surface area contributed by atoms with Gasteiger partial charge in [0.1, 0.15) is 17.8 Å². The van der Waals surface area contributed by atoms with E-state index in [9.17, 15) is 33.0 Å². The van der Waals surface area contributed by atoms with Gasteiger partial charge in [-0.3, -0.25) is 18.6 Å². The quantitative estimate of drug-likeness (QED) is 0.151. The van der Waals surface area contributed by atoms with E-state index in [1.807, 2.05) is 86.6 Å². The molecule has 49 heavy (non-hydrogen) atoms. The molecule has 1 aliphatic carbocycles. The van der Waals surface area contributed by atoms with Crippen LogP contribution >= 0.6 is 0 Å². The molecule has 3 aromatic carbocycles. The van der Waals surface area contributed by atoms with E-state index in [1.165, 1.54) is 0 Å². The summed E-state index contributed by atoms with van der Waals surface area (Å²) in [5.74, 6) is -2.36. The SMILES string of the molecule is CC(C)CC(CC(=O)[C@H](Cc1cccc2ccccc12)NC(=O)OCc1ccccc1)C(=O)N[C@@H](C[C@@H]1CCCCC1=O)C(O)S(=O)[O-].[Na+]. The molecule has 2 amide bonds. The van der Waals surface area contributed by atoms with Crippen LogP contribution in [-0.2, 0) is 43.2 Å². The van der Waals surface area contributed by atoms with Crippen molar-refractivity contribution in [2.24, 2.45) is 17.8 Å². The standard InChI is InChI=1S/C37H46N2O8S.Na/c1-24(2)19-29(35(42)38-32(36(43)48(45)46)21-28-14-7-9-18-33(28)40)22-34(41)31(39-37(44)47-23-25-11-4-3-5-12-25)20-27-16-10-15-26-13-6-8-17-30(26)27;/h3-6,8,10-13,15-17,24,28-29,31-32,36,43H,7,9,14,18-23H2,1-2H3,(H,38,42)(H,39,44)(H,45,46);/q;+1/p-1/t28-,29?,31-,32-,36?;/m0./s1. The van der Waals surface area contributed by atoms with Crippen molar-refractivity contribution in [2.75, 3.05) is 0 Å².